The van der Waals surface area contributed by atoms with Gasteiger partial charge in [0.2, 0.25) is 0 Å². The van der Waals surface area contributed by atoms with Crippen LogP contribution in [0.2, 0.25) is 0 Å². The first kappa shape index (κ1) is 19.5. The third-order valence-corrected chi connectivity index (χ3v) is 5.79. The molecule has 7 heteroatoms. The Hall–Kier alpha value is -2.80. The molecule has 0 amide bonds. The summed E-state index contributed by atoms with van der Waals surface area (Å²) in [4.78, 5) is 17.4. The average molecular weight is 392 g/mol. The van der Waals surface area contributed by atoms with Crippen LogP contribution in [0.4, 0.5) is 11.6 Å². The predicted molar refractivity (Wildman–Crippen MR) is 117 cm³/mol. The number of hydrogen-bond donors (Lipinski definition) is 3. The number of rotatable bonds is 2. The van der Waals surface area contributed by atoms with E-state index < -0.39 is 0 Å². The minimum atomic E-state index is 0.432. The molecule has 5 N–H and O–H groups in total. The molecular formula is C22H29N7. The highest BCUT2D eigenvalue weighted by Gasteiger charge is 2.23. The molecule has 1 aliphatic carbocycles. The summed E-state index contributed by atoms with van der Waals surface area (Å²) in [6, 6.07) is 3.56. The van der Waals surface area contributed by atoms with Crippen molar-refractivity contribution in [3.63, 3.8) is 0 Å². The number of aromatic nitrogens is 4. The first-order valence-corrected chi connectivity index (χ1v) is 10.5. The van der Waals surface area contributed by atoms with Crippen LogP contribution in [0.25, 0.3) is 22.3 Å². The molecule has 2 fully saturated rings. The van der Waals surface area contributed by atoms with Gasteiger partial charge in [0.15, 0.2) is 5.82 Å². The molecular weight excluding hydrogens is 362 g/mol. The van der Waals surface area contributed by atoms with Crippen molar-refractivity contribution >= 4 is 22.5 Å². The molecule has 5 rings (SSSR count). The number of piperidine rings is 1. The molecule has 29 heavy (non-hydrogen) atoms. The van der Waals surface area contributed by atoms with E-state index in [9.17, 15) is 0 Å². The van der Waals surface area contributed by atoms with Gasteiger partial charge in [-0.05, 0) is 68.3 Å². The fourth-order valence-electron chi connectivity index (χ4n) is 3.91. The Balaban J connectivity index is 0.000000249. The van der Waals surface area contributed by atoms with Crippen LogP contribution in [0.1, 0.15) is 50.5 Å². The zero-order valence-corrected chi connectivity index (χ0v) is 16.9. The zero-order chi connectivity index (χ0) is 20.2. The maximum atomic E-state index is 6.22. The van der Waals surface area contributed by atoms with Gasteiger partial charge in [-0.25, -0.2) is 15.0 Å². The monoisotopic (exact) mass is 391 g/mol. The van der Waals surface area contributed by atoms with Crippen LogP contribution in [-0.4, -0.2) is 33.0 Å². The lowest BCUT2D eigenvalue weighted by Gasteiger charge is -2.26. The molecule has 0 unspecified atom stereocenters. The van der Waals surface area contributed by atoms with Gasteiger partial charge in [-0.15, -0.1) is 0 Å². The lowest BCUT2D eigenvalue weighted by atomic mass is 9.79. The molecule has 2 aliphatic rings. The summed E-state index contributed by atoms with van der Waals surface area (Å²) >= 11 is 0. The van der Waals surface area contributed by atoms with E-state index in [0.29, 0.717) is 23.4 Å². The molecule has 0 radical (unpaired) electrons. The van der Waals surface area contributed by atoms with Gasteiger partial charge in [0, 0.05) is 23.3 Å². The normalized spacial score (nSPS) is 19.3. The smallest absolute Gasteiger partial charge is 0.162 e. The van der Waals surface area contributed by atoms with Crippen LogP contribution in [0.5, 0.6) is 0 Å². The van der Waals surface area contributed by atoms with Gasteiger partial charge in [-0.1, -0.05) is 13.3 Å². The molecule has 1 aliphatic heterocycles. The molecule has 0 spiro atoms. The lowest BCUT2D eigenvalue weighted by molar-refractivity contribution is 0.405. The maximum Gasteiger partial charge on any atom is 0.162 e. The van der Waals surface area contributed by atoms with E-state index in [0.717, 1.165) is 22.4 Å². The van der Waals surface area contributed by atoms with Crippen LogP contribution in [0.15, 0.2) is 30.7 Å². The summed E-state index contributed by atoms with van der Waals surface area (Å²) in [7, 11) is 0. The van der Waals surface area contributed by atoms with Crippen molar-refractivity contribution in [1.29, 1.82) is 0 Å². The van der Waals surface area contributed by atoms with Gasteiger partial charge in [0.1, 0.15) is 11.6 Å². The first-order valence-electron chi connectivity index (χ1n) is 10.5. The Morgan fingerprint density at radius 3 is 2.55 bits per heavy atom. The van der Waals surface area contributed by atoms with Gasteiger partial charge in [-0.2, -0.15) is 0 Å². The number of nitrogen functional groups attached to an aromatic ring is 2. The molecule has 0 bridgehead atoms. The number of nitrogens with zero attached hydrogens (tertiary/aromatic N) is 4. The molecule has 1 saturated carbocycles. The Morgan fingerprint density at radius 2 is 1.93 bits per heavy atom. The highest BCUT2D eigenvalue weighted by molar-refractivity contribution is 5.92. The second-order valence-corrected chi connectivity index (χ2v) is 8.10. The van der Waals surface area contributed by atoms with Gasteiger partial charge in [0.05, 0.1) is 11.7 Å². The summed E-state index contributed by atoms with van der Waals surface area (Å²) in [5.41, 5.74) is 14.7. The van der Waals surface area contributed by atoms with Crippen molar-refractivity contribution in [3.05, 3.63) is 36.3 Å². The van der Waals surface area contributed by atoms with Crippen LogP contribution < -0.4 is 16.8 Å². The van der Waals surface area contributed by atoms with Gasteiger partial charge < -0.3 is 16.8 Å². The van der Waals surface area contributed by atoms with Crippen molar-refractivity contribution in [2.75, 3.05) is 24.6 Å². The summed E-state index contributed by atoms with van der Waals surface area (Å²) in [6.07, 6.45) is 11.7. The van der Waals surface area contributed by atoms with Crippen molar-refractivity contribution in [1.82, 2.24) is 25.3 Å². The Bertz CT molecular complexity index is 978. The largest absolute Gasteiger partial charge is 0.384 e. The fraction of sp³-hybridized carbons (Fsp3) is 0.455. The van der Waals surface area contributed by atoms with E-state index in [4.69, 9.17) is 11.5 Å². The van der Waals surface area contributed by atoms with Crippen LogP contribution in [0.3, 0.4) is 0 Å². The summed E-state index contributed by atoms with van der Waals surface area (Å²) in [5.74, 6) is 2.94. The fourth-order valence-corrected chi connectivity index (χ4v) is 3.91. The standard InChI is InChI=1S/C16H16N6.C6H13N/c17-13-6-10(4-5-20-13)16-21-12-8-19-7-11(9-2-1-3-9)14(12)15(18)22-16;1-6-3-2-4-7-5-6/h4-9H,1-3H2,(H2,17,20)(H2,18,21,22);6-7H,2-5H2,1H3/t;6-/m.0/s1. The van der Waals surface area contributed by atoms with Gasteiger partial charge in [0.25, 0.3) is 0 Å². The highest BCUT2D eigenvalue weighted by Crippen LogP contribution is 2.40. The zero-order valence-electron chi connectivity index (χ0n) is 16.9. The van der Waals surface area contributed by atoms with E-state index in [1.165, 1.54) is 50.8 Å². The first-order chi connectivity index (χ1) is 14.1. The molecule has 3 aromatic rings. The van der Waals surface area contributed by atoms with Crippen molar-refractivity contribution in [2.24, 2.45) is 5.92 Å². The van der Waals surface area contributed by atoms with Crippen LogP contribution in [0, 0.1) is 5.92 Å². The van der Waals surface area contributed by atoms with E-state index in [2.05, 4.69) is 32.2 Å². The molecule has 4 heterocycles. The second-order valence-electron chi connectivity index (χ2n) is 8.10. The van der Waals surface area contributed by atoms with Gasteiger partial charge >= 0.3 is 0 Å². The summed E-state index contributed by atoms with van der Waals surface area (Å²) in [6.45, 7) is 4.77. The second kappa shape index (κ2) is 8.69. The SMILES string of the molecule is C[C@H]1CCCNC1.Nc1cc(-c2nc(N)c3c(C4CCC4)cncc3n2)ccn1. The summed E-state index contributed by atoms with van der Waals surface area (Å²) < 4.78 is 0. The maximum absolute atomic E-state index is 6.22. The van der Waals surface area contributed by atoms with E-state index in [1.54, 1.807) is 18.5 Å². The Kier molecular flexibility index (Phi) is 5.85. The van der Waals surface area contributed by atoms with E-state index in [1.807, 2.05) is 12.3 Å². The highest BCUT2D eigenvalue weighted by atomic mass is 15.0. The minimum Gasteiger partial charge on any atom is -0.384 e. The van der Waals surface area contributed by atoms with Crippen molar-refractivity contribution in [3.8, 4) is 11.4 Å². The lowest BCUT2D eigenvalue weighted by Crippen LogP contribution is -2.27. The Labute approximate surface area is 171 Å². The van der Waals surface area contributed by atoms with E-state index in [-0.39, 0.29) is 0 Å². The number of pyridine rings is 2. The number of nitrogens with two attached hydrogens (primary N) is 2. The summed E-state index contributed by atoms with van der Waals surface area (Å²) in [5, 5.41) is 4.27. The molecule has 7 nitrogen and oxygen atoms in total. The van der Waals surface area contributed by atoms with E-state index >= 15 is 0 Å². The number of anilines is 2. The topological polar surface area (TPSA) is 116 Å². The average Bonchev–Trinajstić information content (AvgIpc) is 2.68. The molecule has 0 aromatic carbocycles. The molecule has 1 saturated heterocycles. The number of hydrogen-bond acceptors (Lipinski definition) is 7. The third-order valence-electron chi connectivity index (χ3n) is 5.79. The third kappa shape index (κ3) is 4.45. The molecule has 1 atom stereocenters. The molecule has 152 valence electrons. The quantitative estimate of drug-likeness (QED) is 0.612. The van der Waals surface area contributed by atoms with Crippen LogP contribution in [-0.2, 0) is 0 Å². The van der Waals surface area contributed by atoms with Crippen molar-refractivity contribution in [2.45, 2.75) is 44.9 Å². The number of nitrogens with one attached hydrogen (secondary N) is 1. The predicted octanol–water partition coefficient (Wildman–Crippen LogP) is 3.52. The van der Waals surface area contributed by atoms with Gasteiger partial charge in [-0.3, -0.25) is 4.98 Å². The Morgan fingerprint density at radius 1 is 1.07 bits per heavy atom. The molecule has 3 aromatic heterocycles. The number of fused-ring (bicyclic) bond motifs is 1. The minimum absolute atomic E-state index is 0.432. The van der Waals surface area contributed by atoms with Crippen molar-refractivity contribution < 1.29 is 0 Å². The van der Waals surface area contributed by atoms with Crippen LogP contribution >= 0.6 is 0 Å².